The molecule has 0 spiro atoms. The van der Waals surface area contributed by atoms with Crippen molar-refractivity contribution in [2.75, 3.05) is 0 Å². The normalized spacial score (nSPS) is 25.1. The molecule has 1 fully saturated rings. The molecule has 1 aromatic carbocycles. The van der Waals surface area contributed by atoms with Gasteiger partial charge < -0.3 is 5.73 Å². The van der Waals surface area contributed by atoms with E-state index < -0.39 is 0 Å². The first-order valence-corrected chi connectivity index (χ1v) is 6.19. The highest BCUT2D eigenvalue weighted by molar-refractivity contribution is 5.26. The Balaban J connectivity index is 1.89. The number of rotatable bonds is 5. The summed E-state index contributed by atoms with van der Waals surface area (Å²) in [7, 11) is 0. The largest absolute Gasteiger partial charge is 0.327 e. The lowest BCUT2D eigenvalue weighted by Crippen LogP contribution is -2.23. The predicted octanol–water partition coefficient (Wildman–Crippen LogP) is 3.47. The Hall–Kier alpha value is -1.08. The van der Waals surface area contributed by atoms with Crippen molar-refractivity contribution in [2.24, 2.45) is 11.7 Å². The van der Waals surface area contributed by atoms with Crippen LogP contribution in [0, 0.1) is 5.92 Å². The van der Waals surface area contributed by atoms with Gasteiger partial charge in [0.25, 0.3) is 0 Å². The summed E-state index contributed by atoms with van der Waals surface area (Å²) in [5.74, 6) is 1.37. The van der Waals surface area contributed by atoms with Gasteiger partial charge in [-0.2, -0.15) is 0 Å². The number of hydrogen-bond donors (Lipinski definition) is 1. The van der Waals surface area contributed by atoms with Gasteiger partial charge in [-0.1, -0.05) is 49.4 Å². The van der Waals surface area contributed by atoms with Crippen LogP contribution in [0.5, 0.6) is 0 Å². The molecule has 3 unspecified atom stereocenters. The lowest BCUT2D eigenvalue weighted by molar-refractivity contribution is 0.569. The molecule has 16 heavy (non-hydrogen) atoms. The van der Waals surface area contributed by atoms with Crippen LogP contribution < -0.4 is 5.73 Å². The minimum atomic E-state index is 0.303. The van der Waals surface area contributed by atoms with Crippen molar-refractivity contribution in [1.29, 1.82) is 0 Å². The second kappa shape index (κ2) is 4.84. The van der Waals surface area contributed by atoms with Crippen LogP contribution in [0.4, 0.5) is 0 Å². The van der Waals surface area contributed by atoms with Crippen LogP contribution in [0.15, 0.2) is 42.5 Å². The highest BCUT2D eigenvalue weighted by Crippen LogP contribution is 2.49. The number of hydrogen-bond acceptors (Lipinski definition) is 1. The fourth-order valence-corrected chi connectivity index (χ4v) is 2.40. The molecule has 0 aromatic heterocycles. The molecule has 86 valence electrons. The molecule has 3 atom stereocenters. The van der Waals surface area contributed by atoms with Crippen molar-refractivity contribution in [3.05, 3.63) is 48.0 Å². The Bertz CT molecular complexity index is 355. The summed E-state index contributed by atoms with van der Waals surface area (Å²) < 4.78 is 0. The molecular weight excluding hydrogens is 194 g/mol. The second-order valence-corrected chi connectivity index (χ2v) is 4.89. The Morgan fingerprint density at radius 1 is 1.44 bits per heavy atom. The molecule has 1 aromatic rings. The Morgan fingerprint density at radius 3 is 2.75 bits per heavy atom. The summed E-state index contributed by atoms with van der Waals surface area (Å²) in [6.45, 7) is 6.19. The van der Waals surface area contributed by atoms with Crippen molar-refractivity contribution in [3.63, 3.8) is 0 Å². The molecule has 1 saturated carbocycles. The quantitative estimate of drug-likeness (QED) is 0.748. The van der Waals surface area contributed by atoms with Crippen molar-refractivity contribution >= 4 is 0 Å². The van der Waals surface area contributed by atoms with E-state index in [-0.39, 0.29) is 0 Å². The van der Waals surface area contributed by atoms with Crippen LogP contribution in [-0.2, 0) is 0 Å². The van der Waals surface area contributed by atoms with Crippen molar-refractivity contribution < 1.29 is 0 Å². The topological polar surface area (TPSA) is 26.0 Å². The Kier molecular flexibility index (Phi) is 3.45. The van der Waals surface area contributed by atoms with Crippen LogP contribution in [0.2, 0.25) is 0 Å². The number of benzene rings is 1. The number of nitrogens with two attached hydrogens (primary N) is 1. The average Bonchev–Trinajstić information content (AvgIpc) is 3.10. The van der Waals surface area contributed by atoms with Gasteiger partial charge >= 0.3 is 0 Å². The second-order valence-electron chi connectivity index (χ2n) is 4.89. The highest BCUT2D eigenvalue weighted by Gasteiger charge is 2.41. The smallest absolute Gasteiger partial charge is 0.0110 e. The predicted molar refractivity (Wildman–Crippen MR) is 69.3 cm³/mol. The monoisotopic (exact) mass is 215 g/mol. The minimum absolute atomic E-state index is 0.303. The van der Waals surface area contributed by atoms with E-state index in [1.807, 2.05) is 0 Å². The Morgan fingerprint density at radius 2 is 2.12 bits per heavy atom. The zero-order valence-corrected chi connectivity index (χ0v) is 10.0. The van der Waals surface area contributed by atoms with E-state index in [2.05, 4.69) is 43.8 Å². The van der Waals surface area contributed by atoms with Crippen LogP contribution in [-0.4, -0.2) is 6.04 Å². The molecule has 0 aliphatic heterocycles. The maximum atomic E-state index is 6.22. The first-order chi connectivity index (χ1) is 7.72. The molecule has 0 radical (unpaired) electrons. The Labute approximate surface area is 98.4 Å². The summed E-state index contributed by atoms with van der Waals surface area (Å²) in [6.07, 6.45) is 3.29. The minimum Gasteiger partial charge on any atom is -0.327 e. The van der Waals surface area contributed by atoms with Gasteiger partial charge in [0, 0.05) is 6.04 Å². The van der Waals surface area contributed by atoms with E-state index in [0.29, 0.717) is 17.9 Å². The molecule has 1 nitrogen and oxygen atoms in total. The van der Waals surface area contributed by atoms with E-state index in [9.17, 15) is 0 Å². The highest BCUT2D eigenvalue weighted by atomic mass is 14.7. The SMILES string of the molecule is C=C(CC)CC(N)C1CC1c1ccccc1. The summed E-state index contributed by atoms with van der Waals surface area (Å²) in [5.41, 5.74) is 8.96. The van der Waals surface area contributed by atoms with Gasteiger partial charge in [-0.25, -0.2) is 0 Å². The van der Waals surface area contributed by atoms with Crippen molar-refractivity contribution in [3.8, 4) is 0 Å². The summed E-state index contributed by atoms with van der Waals surface area (Å²) in [5, 5.41) is 0. The maximum Gasteiger partial charge on any atom is 0.0110 e. The molecule has 0 saturated heterocycles. The van der Waals surface area contributed by atoms with E-state index in [4.69, 9.17) is 5.73 Å². The van der Waals surface area contributed by atoms with Crippen LogP contribution in [0.3, 0.4) is 0 Å². The first-order valence-electron chi connectivity index (χ1n) is 6.19. The molecule has 2 N–H and O–H groups in total. The maximum absolute atomic E-state index is 6.22. The summed E-state index contributed by atoms with van der Waals surface area (Å²) in [4.78, 5) is 0. The van der Waals surface area contributed by atoms with Crippen LogP contribution in [0.1, 0.15) is 37.7 Å². The van der Waals surface area contributed by atoms with E-state index in [1.54, 1.807) is 0 Å². The molecule has 0 amide bonds. The molecule has 0 heterocycles. The third-order valence-corrected chi connectivity index (χ3v) is 3.64. The molecule has 2 rings (SSSR count). The van der Waals surface area contributed by atoms with Crippen LogP contribution >= 0.6 is 0 Å². The van der Waals surface area contributed by atoms with Gasteiger partial charge in [-0.15, -0.1) is 0 Å². The zero-order chi connectivity index (χ0) is 11.5. The lowest BCUT2D eigenvalue weighted by atomic mass is 9.99. The van der Waals surface area contributed by atoms with Gasteiger partial charge in [0.2, 0.25) is 0 Å². The molecule has 1 aliphatic rings. The first kappa shape index (κ1) is 11.4. The van der Waals surface area contributed by atoms with Gasteiger partial charge in [0.1, 0.15) is 0 Å². The van der Waals surface area contributed by atoms with E-state index >= 15 is 0 Å². The molecule has 1 aliphatic carbocycles. The lowest BCUT2D eigenvalue weighted by Gasteiger charge is -2.12. The fraction of sp³-hybridized carbons (Fsp3) is 0.467. The van der Waals surface area contributed by atoms with Crippen molar-refractivity contribution in [2.45, 2.75) is 38.1 Å². The van der Waals surface area contributed by atoms with Gasteiger partial charge in [0.05, 0.1) is 0 Å². The van der Waals surface area contributed by atoms with Crippen molar-refractivity contribution in [1.82, 2.24) is 0 Å². The molecular formula is C15H21N. The fourth-order valence-electron chi connectivity index (χ4n) is 2.40. The third kappa shape index (κ3) is 2.53. The van der Waals surface area contributed by atoms with Gasteiger partial charge in [-0.3, -0.25) is 0 Å². The average molecular weight is 215 g/mol. The van der Waals surface area contributed by atoms with E-state index in [1.165, 1.54) is 17.6 Å². The summed E-state index contributed by atoms with van der Waals surface area (Å²) in [6, 6.07) is 11.0. The van der Waals surface area contributed by atoms with Gasteiger partial charge in [0.15, 0.2) is 0 Å². The standard InChI is InChI=1S/C15H21N/c1-3-11(2)9-15(16)14-10-13(14)12-7-5-4-6-8-12/h4-8,13-15H,2-3,9-10,16H2,1H3. The van der Waals surface area contributed by atoms with Gasteiger partial charge in [-0.05, 0) is 36.7 Å². The molecule has 0 bridgehead atoms. The van der Waals surface area contributed by atoms with E-state index in [0.717, 1.165) is 12.8 Å². The van der Waals surface area contributed by atoms with Crippen LogP contribution in [0.25, 0.3) is 0 Å². The summed E-state index contributed by atoms with van der Waals surface area (Å²) >= 11 is 0. The third-order valence-electron chi connectivity index (χ3n) is 3.64. The molecule has 1 heteroatoms. The zero-order valence-electron chi connectivity index (χ0n) is 10.0.